The number of hydrogen-bond donors (Lipinski definition) is 1. The first kappa shape index (κ1) is 18.7. The molecular formula is C21H26N2O2. The molecule has 0 heterocycles. The highest BCUT2D eigenvalue weighted by Crippen LogP contribution is 2.21. The first-order valence-corrected chi connectivity index (χ1v) is 8.77. The molecule has 0 aromatic heterocycles. The molecule has 1 N–H and O–H groups in total. The van der Waals surface area contributed by atoms with Crippen LogP contribution in [0.25, 0.3) is 0 Å². The number of ether oxygens (including phenoxy) is 1. The minimum Gasteiger partial charge on any atom is -0.484 e. The van der Waals surface area contributed by atoms with Gasteiger partial charge in [0, 0.05) is 0 Å². The predicted octanol–water partition coefficient (Wildman–Crippen LogP) is 4.51. The van der Waals surface area contributed by atoms with E-state index in [-0.39, 0.29) is 12.5 Å². The van der Waals surface area contributed by atoms with E-state index in [0.717, 1.165) is 24.1 Å². The van der Waals surface area contributed by atoms with Crippen LogP contribution in [0.2, 0.25) is 0 Å². The summed E-state index contributed by atoms with van der Waals surface area (Å²) < 4.78 is 5.53. The van der Waals surface area contributed by atoms with Gasteiger partial charge in [-0.1, -0.05) is 63.2 Å². The molecule has 0 fully saturated rings. The first-order valence-electron chi connectivity index (χ1n) is 8.77. The number of nitrogens with one attached hydrogen (secondary N) is 1. The lowest BCUT2D eigenvalue weighted by molar-refractivity contribution is -0.123. The fourth-order valence-corrected chi connectivity index (χ4v) is 2.42. The third-order valence-corrected chi connectivity index (χ3v) is 4.19. The van der Waals surface area contributed by atoms with Gasteiger partial charge in [0.1, 0.15) is 5.75 Å². The largest absolute Gasteiger partial charge is 0.484 e. The SMILES string of the molecule is CCC(=NNC(=O)COc1ccc(C(C)CC)cc1)c1ccccc1. The molecule has 0 radical (unpaired) electrons. The van der Waals surface area contributed by atoms with Gasteiger partial charge in [0.05, 0.1) is 5.71 Å². The van der Waals surface area contributed by atoms with Crippen LogP contribution < -0.4 is 10.2 Å². The van der Waals surface area contributed by atoms with E-state index >= 15 is 0 Å². The smallest absolute Gasteiger partial charge is 0.277 e. The Morgan fingerprint density at radius 3 is 2.36 bits per heavy atom. The van der Waals surface area contributed by atoms with E-state index in [9.17, 15) is 4.79 Å². The molecule has 2 aromatic carbocycles. The quantitative estimate of drug-likeness (QED) is 0.569. The van der Waals surface area contributed by atoms with E-state index in [0.29, 0.717) is 11.7 Å². The average Bonchev–Trinajstić information content (AvgIpc) is 2.67. The van der Waals surface area contributed by atoms with E-state index in [1.165, 1.54) is 5.56 Å². The highest BCUT2D eigenvalue weighted by Gasteiger charge is 2.06. The summed E-state index contributed by atoms with van der Waals surface area (Å²) in [6.07, 6.45) is 1.84. The molecular weight excluding hydrogens is 312 g/mol. The predicted molar refractivity (Wildman–Crippen MR) is 102 cm³/mol. The number of hydrazone groups is 1. The molecule has 1 amide bonds. The summed E-state index contributed by atoms with van der Waals surface area (Å²) in [5.41, 5.74) is 5.69. The lowest BCUT2D eigenvalue weighted by Crippen LogP contribution is -2.26. The minimum atomic E-state index is -0.270. The third kappa shape index (κ3) is 5.75. The summed E-state index contributed by atoms with van der Waals surface area (Å²) in [6, 6.07) is 17.7. The molecule has 0 saturated heterocycles. The minimum absolute atomic E-state index is 0.0576. The average molecular weight is 338 g/mol. The standard InChI is InChI=1S/C21H26N2O2/c1-4-16(3)17-11-13-19(14-12-17)25-15-21(24)23-22-20(5-2)18-9-7-6-8-10-18/h6-14,16H,4-5,15H2,1-3H3,(H,23,24). The zero-order valence-electron chi connectivity index (χ0n) is 15.2. The Kier molecular flexibility index (Phi) is 7.20. The van der Waals surface area contributed by atoms with Gasteiger partial charge < -0.3 is 4.74 Å². The Bertz CT molecular complexity index is 694. The van der Waals surface area contributed by atoms with Crippen LogP contribution >= 0.6 is 0 Å². The van der Waals surface area contributed by atoms with Crippen LogP contribution in [0.3, 0.4) is 0 Å². The molecule has 4 nitrogen and oxygen atoms in total. The third-order valence-electron chi connectivity index (χ3n) is 4.19. The maximum atomic E-state index is 11.9. The maximum Gasteiger partial charge on any atom is 0.277 e. The fourth-order valence-electron chi connectivity index (χ4n) is 2.42. The van der Waals surface area contributed by atoms with Gasteiger partial charge in [0.2, 0.25) is 0 Å². The Hall–Kier alpha value is -2.62. The van der Waals surface area contributed by atoms with Gasteiger partial charge >= 0.3 is 0 Å². The van der Waals surface area contributed by atoms with Crippen molar-refractivity contribution in [1.82, 2.24) is 5.43 Å². The molecule has 2 rings (SSSR count). The second kappa shape index (κ2) is 9.62. The Morgan fingerprint density at radius 1 is 1.08 bits per heavy atom. The van der Waals surface area contributed by atoms with Gasteiger partial charge in [-0.3, -0.25) is 4.79 Å². The van der Waals surface area contributed by atoms with Crippen molar-refractivity contribution in [3.05, 3.63) is 65.7 Å². The molecule has 0 aliphatic heterocycles. The van der Waals surface area contributed by atoms with Gasteiger partial charge in [0.15, 0.2) is 6.61 Å². The van der Waals surface area contributed by atoms with Crippen molar-refractivity contribution in [3.8, 4) is 5.75 Å². The normalized spacial score (nSPS) is 12.5. The van der Waals surface area contributed by atoms with E-state index in [1.54, 1.807) is 0 Å². The summed E-state index contributed by atoms with van der Waals surface area (Å²) >= 11 is 0. The van der Waals surface area contributed by atoms with Crippen molar-refractivity contribution in [1.29, 1.82) is 0 Å². The lowest BCUT2D eigenvalue weighted by atomic mass is 9.99. The molecule has 2 aromatic rings. The molecule has 25 heavy (non-hydrogen) atoms. The number of amides is 1. The molecule has 0 aliphatic carbocycles. The highest BCUT2D eigenvalue weighted by atomic mass is 16.5. The van der Waals surface area contributed by atoms with Gasteiger partial charge in [0.25, 0.3) is 5.91 Å². The Balaban J connectivity index is 1.87. The number of rotatable bonds is 8. The Morgan fingerprint density at radius 2 is 1.76 bits per heavy atom. The zero-order chi connectivity index (χ0) is 18.1. The molecule has 0 bridgehead atoms. The number of carbonyl (C=O) groups is 1. The van der Waals surface area contributed by atoms with E-state index in [4.69, 9.17) is 4.74 Å². The summed E-state index contributed by atoms with van der Waals surface area (Å²) in [4.78, 5) is 11.9. The topological polar surface area (TPSA) is 50.7 Å². The van der Waals surface area contributed by atoms with Crippen LogP contribution in [0.4, 0.5) is 0 Å². The second-order valence-electron chi connectivity index (χ2n) is 5.98. The second-order valence-corrected chi connectivity index (χ2v) is 5.98. The number of nitrogens with zero attached hydrogens (tertiary/aromatic N) is 1. The van der Waals surface area contributed by atoms with Crippen LogP contribution in [0.5, 0.6) is 5.75 Å². The van der Waals surface area contributed by atoms with E-state index in [1.807, 2.05) is 61.5 Å². The van der Waals surface area contributed by atoms with Crippen molar-refractivity contribution in [3.63, 3.8) is 0 Å². The highest BCUT2D eigenvalue weighted by molar-refractivity contribution is 6.00. The van der Waals surface area contributed by atoms with E-state index < -0.39 is 0 Å². The summed E-state index contributed by atoms with van der Waals surface area (Å²) in [7, 11) is 0. The summed E-state index contributed by atoms with van der Waals surface area (Å²) in [5, 5.41) is 4.21. The molecule has 0 saturated carbocycles. The molecule has 0 aliphatic rings. The van der Waals surface area contributed by atoms with Crippen LogP contribution in [0, 0.1) is 0 Å². The Labute approximate surface area is 149 Å². The molecule has 132 valence electrons. The van der Waals surface area contributed by atoms with Crippen LogP contribution in [-0.4, -0.2) is 18.2 Å². The first-order chi connectivity index (χ1) is 12.1. The van der Waals surface area contributed by atoms with E-state index in [2.05, 4.69) is 24.4 Å². The summed E-state index contributed by atoms with van der Waals surface area (Å²) in [5.74, 6) is 0.940. The van der Waals surface area contributed by atoms with Crippen LogP contribution in [0.1, 0.15) is 50.7 Å². The number of hydrogen-bond acceptors (Lipinski definition) is 3. The zero-order valence-corrected chi connectivity index (χ0v) is 15.2. The van der Waals surface area contributed by atoms with Crippen molar-refractivity contribution in [2.75, 3.05) is 6.61 Å². The van der Waals surface area contributed by atoms with Crippen molar-refractivity contribution >= 4 is 11.6 Å². The maximum absolute atomic E-state index is 11.9. The van der Waals surface area contributed by atoms with Crippen LogP contribution in [-0.2, 0) is 4.79 Å². The van der Waals surface area contributed by atoms with Gasteiger partial charge in [-0.2, -0.15) is 5.10 Å². The number of carbonyl (C=O) groups excluding carboxylic acids is 1. The molecule has 0 spiro atoms. The molecule has 1 unspecified atom stereocenters. The molecule has 4 heteroatoms. The van der Waals surface area contributed by atoms with Crippen molar-refractivity contribution in [2.45, 2.75) is 39.5 Å². The fraction of sp³-hybridized carbons (Fsp3) is 0.333. The monoisotopic (exact) mass is 338 g/mol. The molecule has 1 atom stereocenters. The number of benzene rings is 2. The van der Waals surface area contributed by atoms with Gasteiger partial charge in [-0.25, -0.2) is 5.43 Å². The summed E-state index contributed by atoms with van der Waals surface area (Å²) in [6.45, 7) is 6.31. The lowest BCUT2D eigenvalue weighted by Gasteiger charge is -2.10. The van der Waals surface area contributed by atoms with Crippen molar-refractivity contribution in [2.24, 2.45) is 5.10 Å². The van der Waals surface area contributed by atoms with Gasteiger partial charge in [-0.05, 0) is 42.0 Å². The van der Waals surface area contributed by atoms with Gasteiger partial charge in [-0.15, -0.1) is 0 Å². The van der Waals surface area contributed by atoms with Crippen molar-refractivity contribution < 1.29 is 9.53 Å². The van der Waals surface area contributed by atoms with Crippen LogP contribution in [0.15, 0.2) is 59.7 Å².